The zero-order chi connectivity index (χ0) is 21.8. The second-order valence-corrected chi connectivity index (χ2v) is 6.69. The van der Waals surface area contributed by atoms with E-state index in [9.17, 15) is 4.79 Å². The maximum Gasteiger partial charge on any atom is 0.260 e. The van der Waals surface area contributed by atoms with E-state index < -0.39 is 5.91 Å². The Kier molecular flexibility index (Phi) is 5.81. The van der Waals surface area contributed by atoms with Gasteiger partial charge in [-0.05, 0) is 42.5 Å². The Bertz CT molecular complexity index is 1240. The van der Waals surface area contributed by atoms with Crippen LogP contribution in [0, 0.1) is 0 Å². The number of carbonyl (C=O) groups excluding carboxylic acids is 1. The van der Waals surface area contributed by atoms with Crippen LogP contribution in [0.15, 0.2) is 65.3 Å². The number of anilines is 1. The van der Waals surface area contributed by atoms with Crippen molar-refractivity contribution in [3.8, 4) is 34.3 Å². The molecule has 1 N–H and O–H groups in total. The number of carbonyl (C=O) groups is 1. The lowest BCUT2D eigenvalue weighted by Crippen LogP contribution is -2.13. The average molecular weight is 437 g/mol. The van der Waals surface area contributed by atoms with Crippen LogP contribution in [0.5, 0.6) is 11.5 Å². The van der Waals surface area contributed by atoms with Gasteiger partial charge in [-0.15, -0.1) is 0 Å². The molecule has 4 aromatic rings. The molecule has 1 amide bonds. The number of hydrogen-bond donors (Lipinski definition) is 1. The van der Waals surface area contributed by atoms with Crippen molar-refractivity contribution in [3.05, 3.63) is 71.5 Å². The summed E-state index contributed by atoms with van der Waals surface area (Å²) in [6, 6.07) is 15.6. The lowest BCUT2D eigenvalue weighted by molar-refractivity contribution is 0.102. The number of pyridine rings is 1. The van der Waals surface area contributed by atoms with Gasteiger partial charge in [0.25, 0.3) is 11.8 Å². The number of halogens is 1. The molecular formula is C22H17ClN4O4. The number of amides is 1. The lowest BCUT2D eigenvalue weighted by Gasteiger charge is -2.09. The summed E-state index contributed by atoms with van der Waals surface area (Å²) in [6.07, 6.45) is 1.52. The van der Waals surface area contributed by atoms with Gasteiger partial charge in [0.05, 0.1) is 31.0 Å². The summed E-state index contributed by atoms with van der Waals surface area (Å²) in [5.74, 6) is 1.36. The maximum absolute atomic E-state index is 12.6. The zero-order valence-electron chi connectivity index (χ0n) is 16.6. The molecule has 8 nitrogen and oxygen atoms in total. The molecule has 0 aliphatic carbocycles. The Balaban J connectivity index is 1.64. The molecule has 2 aromatic carbocycles. The van der Waals surface area contributed by atoms with Gasteiger partial charge in [-0.1, -0.05) is 28.9 Å². The Hall–Kier alpha value is -3.91. The predicted octanol–water partition coefficient (Wildman–Crippen LogP) is 4.72. The molecule has 0 radical (unpaired) electrons. The highest BCUT2D eigenvalue weighted by atomic mass is 35.5. The van der Waals surface area contributed by atoms with Crippen molar-refractivity contribution in [2.45, 2.75) is 0 Å². The topological polar surface area (TPSA) is 99.4 Å². The van der Waals surface area contributed by atoms with Crippen LogP contribution in [-0.4, -0.2) is 35.3 Å². The van der Waals surface area contributed by atoms with Gasteiger partial charge in [0.1, 0.15) is 5.15 Å². The van der Waals surface area contributed by atoms with E-state index in [0.29, 0.717) is 34.1 Å². The average Bonchev–Trinajstić information content (AvgIpc) is 3.29. The molecule has 2 aromatic heterocycles. The summed E-state index contributed by atoms with van der Waals surface area (Å²) >= 11 is 6.03. The molecule has 0 aliphatic heterocycles. The fourth-order valence-electron chi connectivity index (χ4n) is 2.95. The summed E-state index contributed by atoms with van der Waals surface area (Å²) in [4.78, 5) is 21.1. The minimum Gasteiger partial charge on any atom is -0.493 e. The third-order valence-electron chi connectivity index (χ3n) is 4.48. The van der Waals surface area contributed by atoms with Gasteiger partial charge in [0, 0.05) is 11.8 Å². The Morgan fingerprint density at radius 2 is 1.84 bits per heavy atom. The maximum atomic E-state index is 12.6. The van der Waals surface area contributed by atoms with Crippen LogP contribution in [0.25, 0.3) is 22.8 Å². The van der Waals surface area contributed by atoms with Gasteiger partial charge in [-0.2, -0.15) is 4.98 Å². The van der Waals surface area contributed by atoms with Crippen molar-refractivity contribution >= 4 is 23.2 Å². The van der Waals surface area contributed by atoms with Crippen molar-refractivity contribution in [2.75, 3.05) is 19.5 Å². The van der Waals surface area contributed by atoms with Crippen molar-refractivity contribution in [1.82, 2.24) is 15.1 Å². The van der Waals surface area contributed by atoms with E-state index >= 15 is 0 Å². The molecule has 0 fully saturated rings. The molecule has 0 spiro atoms. The number of hydrogen-bond acceptors (Lipinski definition) is 7. The fourth-order valence-corrected chi connectivity index (χ4v) is 3.15. The summed E-state index contributed by atoms with van der Waals surface area (Å²) in [5, 5.41) is 7.00. The lowest BCUT2D eigenvalue weighted by atomic mass is 10.1. The van der Waals surface area contributed by atoms with E-state index in [-0.39, 0.29) is 16.6 Å². The van der Waals surface area contributed by atoms with Gasteiger partial charge in [-0.25, -0.2) is 4.98 Å². The number of methoxy groups -OCH3 is 2. The number of aromatic nitrogens is 3. The zero-order valence-corrected chi connectivity index (χ0v) is 17.4. The van der Waals surface area contributed by atoms with Crippen LogP contribution in [0.1, 0.15) is 10.4 Å². The van der Waals surface area contributed by atoms with Gasteiger partial charge < -0.3 is 19.3 Å². The molecule has 156 valence electrons. The highest BCUT2D eigenvalue weighted by Gasteiger charge is 2.18. The first-order chi connectivity index (χ1) is 15.1. The van der Waals surface area contributed by atoms with E-state index in [1.165, 1.54) is 6.20 Å². The van der Waals surface area contributed by atoms with Crippen molar-refractivity contribution in [3.63, 3.8) is 0 Å². The summed E-state index contributed by atoms with van der Waals surface area (Å²) < 4.78 is 16.0. The fraction of sp³-hybridized carbons (Fsp3) is 0.0909. The third-order valence-corrected chi connectivity index (χ3v) is 4.78. The number of benzene rings is 2. The molecule has 0 atom stereocenters. The molecule has 2 heterocycles. The largest absolute Gasteiger partial charge is 0.493 e. The molecule has 31 heavy (non-hydrogen) atoms. The number of nitrogens with one attached hydrogen (secondary N) is 1. The van der Waals surface area contributed by atoms with Crippen LogP contribution in [-0.2, 0) is 0 Å². The SMILES string of the molecule is COc1ccc(-c2noc(-c3ccccc3NC(=O)c3cccnc3Cl)n2)cc1OC. The summed E-state index contributed by atoms with van der Waals surface area (Å²) in [7, 11) is 3.12. The van der Waals surface area contributed by atoms with Crippen molar-refractivity contribution in [2.24, 2.45) is 0 Å². The highest BCUT2D eigenvalue weighted by molar-refractivity contribution is 6.33. The molecule has 0 saturated carbocycles. The van der Waals surface area contributed by atoms with E-state index in [0.717, 1.165) is 0 Å². The number of nitrogens with zero attached hydrogens (tertiary/aromatic N) is 3. The molecule has 0 aliphatic rings. The Labute approximate surface area is 182 Å². The van der Waals surface area contributed by atoms with Crippen LogP contribution in [0.2, 0.25) is 5.15 Å². The van der Waals surface area contributed by atoms with Gasteiger partial charge >= 0.3 is 0 Å². The van der Waals surface area contributed by atoms with Crippen LogP contribution in [0.3, 0.4) is 0 Å². The van der Waals surface area contributed by atoms with Crippen molar-refractivity contribution < 1.29 is 18.8 Å². The first-order valence-electron chi connectivity index (χ1n) is 9.18. The number of ether oxygens (including phenoxy) is 2. The van der Waals surface area contributed by atoms with Crippen LogP contribution >= 0.6 is 11.6 Å². The molecule has 0 bridgehead atoms. The molecule has 9 heteroatoms. The molecule has 4 rings (SSSR count). The first-order valence-corrected chi connectivity index (χ1v) is 9.56. The molecular weight excluding hydrogens is 420 g/mol. The van der Waals surface area contributed by atoms with Crippen molar-refractivity contribution in [1.29, 1.82) is 0 Å². The van der Waals surface area contributed by atoms with Gasteiger partial charge in [-0.3, -0.25) is 4.79 Å². The Morgan fingerprint density at radius 3 is 2.61 bits per heavy atom. The van der Waals surface area contributed by atoms with Crippen LogP contribution < -0.4 is 14.8 Å². The van der Waals surface area contributed by atoms with E-state index in [4.69, 9.17) is 25.6 Å². The predicted molar refractivity (Wildman–Crippen MR) is 115 cm³/mol. The number of para-hydroxylation sites is 1. The third kappa shape index (κ3) is 4.19. The minimum atomic E-state index is -0.398. The van der Waals surface area contributed by atoms with E-state index in [1.807, 2.05) is 6.07 Å². The van der Waals surface area contributed by atoms with E-state index in [1.54, 1.807) is 62.8 Å². The second-order valence-electron chi connectivity index (χ2n) is 6.33. The normalized spacial score (nSPS) is 10.5. The summed E-state index contributed by atoms with van der Waals surface area (Å²) in [5.41, 5.74) is 2.01. The minimum absolute atomic E-state index is 0.117. The second kappa shape index (κ2) is 8.85. The molecule has 0 unspecified atom stereocenters. The monoisotopic (exact) mass is 436 g/mol. The summed E-state index contributed by atoms with van der Waals surface area (Å²) in [6.45, 7) is 0. The van der Waals surface area contributed by atoms with Gasteiger partial charge in [0.15, 0.2) is 11.5 Å². The van der Waals surface area contributed by atoms with E-state index in [2.05, 4.69) is 20.4 Å². The first kappa shape index (κ1) is 20.4. The standard InChI is InChI=1S/C22H17ClN4O4/c1-29-17-10-9-13(12-18(17)30-2)20-26-22(31-27-20)14-6-3-4-8-16(14)25-21(28)15-7-5-11-24-19(15)23/h3-12H,1-2H3,(H,25,28). The smallest absolute Gasteiger partial charge is 0.260 e. The Morgan fingerprint density at radius 1 is 1.03 bits per heavy atom. The number of rotatable bonds is 6. The van der Waals surface area contributed by atoms with Crippen LogP contribution in [0.4, 0.5) is 5.69 Å². The van der Waals surface area contributed by atoms with Gasteiger partial charge in [0.2, 0.25) is 5.82 Å². The highest BCUT2D eigenvalue weighted by Crippen LogP contribution is 2.33. The quantitative estimate of drug-likeness (QED) is 0.436. The molecule has 0 saturated heterocycles.